The monoisotopic (exact) mass is 1100 g/mol. The Morgan fingerprint density at radius 2 is 1.28 bits per heavy atom. The molecule has 1 saturated heterocycles. The van der Waals surface area contributed by atoms with Gasteiger partial charge in [0.15, 0.2) is 0 Å². The number of pyridine rings is 1. The van der Waals surface area contributed by atoms with Gasteiger partial charge in [-0.2, -0.15) is 0 Å². The number of likely N-dealkylation sites (N-methyl/N-ethyl adjacent to an activating group) is 1. The summed E-state index contributed by atoms with van der Waals surface area (Å²) in [5, 5.41) is 6.35. The van der Waals surface area contributed by atoms with Crippen molar-refractivity contribution in [2.75, 3.05) is 169 Å². The molecule has 3 aromatic carbocycles. The minimum atomic E-state index is -0.382. The Kier molecular flexibility index (Phi) is 28.2. The first-order valence-corrected chi connectivity index (χ1v) is 28.2. The average molecular weight is 1100 g/mol. The standard InChI is InChI=1S/C60H85N7O12/c1-5-66(6-2)51-19-20-55(53(45-51)56-44-49(21-23-61-56)59(70)62-54-18-11-14-47-13-8-9-17-52(47)54)63-58(69)48-15-10-16-50(43-48)60(71)64(4)26-27-65-24-12-25-67(29-28-65)57(68)22-30-73-31-32-74-33-34-75-35-36-76-37-38-77-39-40-78-41-42-79-46-72-7-3/h8-10,13,15-17,19-21,23,43-45,54H,5-7,11-12,14,18,22,24-42,46H2,1-4H3,(H,62,70)(H,63,69). The van der Waals surface area contributed by atoms with Gasteiger partial charge in [0.05, 0.1) is 110 Å². The van der Waals surface area contributed by atoms with Crippen LogP contribution in [-0.4, -0.2) is 202 Å². The Morgan fingerprint density at radius 3 is 1.96 bits per heavy atom. The molecular weight excluding hydrogens is 1010 g/mol. The lowest BCUT2D eigenvalue weighted by Crippen LogP contribution is -2.39. The number of aromatic nitrogens is 1. The summed E-state index contributed by atoms with van der Waals surface area (Å²) in [5.74, 6) is -0.705. The third kappa shape index (κ3) is 21.3. The van der Waals surface area contributed by atoms with E-state index in [1.807, 2.05) is 42.2 Å². The van der Waals surface area contributed by atoms with Crippen LogP contribution in [0.1, 0.15) is 94.7 Å². The number of rotatable bonds is 36. The Hall–Kier alpha value is -5.87. The molecule has 1 aromatic heterocycles. The molecule has 1 atom stereocenters. The number of nitrogens with zero attached hydrogens (tertiary/aromatic N) is 5. The highest BCUT2D eigenvalue weighted by Gasteiger charge is 2.24. The molecule has 4 amide bonds. The highest BCUT2D eigenvalue weighted by molar-refractivity contribution is 6.08. The zero-order valence-corrected chi connectivity index (χ0v) is 47.1. The first-order valence-electron chi connectivity index (χ1n) is 28.2. The fraction of sp³-hybridized carbons (Fsp3) is 0.550. The Bertz CT molecular complexity index is 2460. The van der Waals surface area contributed by atoms with E-state index >= 15 is 0 Å². The van der Waals surface area contributed by atoms with E-state index in [4.69, 9.17) is 42.9 Å². The third-order valence-electron chi connectivity index (χ3n) is 13.8. The van der Waals surface area contributed by atoms with Crippen LogP contribution in [0, 0.1) is 0 Å². The van der Waals surface area contributed by atoms with Gasteiger partial charge in [-0.3, -0.25) is 29.1 Å². The number of amides is 4. The lowest BCUT2D eigenvalue weighted by Gasteiger charge is -2.26. The predicted molar refractivity (Wildman–Crippen MR) is 304 cm³/mol. The third-order valence-corrected chi connectivity index (χ3v) is 13.8. The fourth-order valence-corrected chi connectivity index (χ4v) is 9.39. The summed E-state index contributed by atoms with van der Waals surface area (Å²) in [5.41, 5.74) is 6.33. The molecular formula is C60H85N7O12. The van der Waals surface area contributed by atoms with Gasteiger partial charge in [0, 0.05) is 93.6 Å². The molecule has 6 rings (SSSR count). The maximum absolute atomic E-state index is 14.0. The molecule has 1 fully saturated rings. The molecule has 2 heterocycles. The molecule has 432 valence electrons. The van der Waals surface area contributed by atoms with Crippen LogP contribution < -0.4 is 15.5 Å². The Morgan fingerprint density at radius 1 is 0.633 bits per heavy atom. The highest BCUT2D eigenvalue weighted by Crippen LogP contribution is 2.33. The molecule has 1 aliphatic heterocycles. The van der Waals surface area contributed by atoms with Crippen molar-refractivity contribution >= 4 is 35.0 Å². The molecule has 1 aliphatic carbocycles. The van der Waals surface area contributed by atoms with Crippen molar-refractivity contribution in [3.8, 4) is 11.3 Å². The van der Waals surface area contributed by atoms with Gasteiger partial charge in [-0.15, -0.1) is 0 Å². The number of fused-ring (bicyclic) bond motifs is 1. The van der Waals surface area contributed by atoms with Crippen LogP contribution in [0.25, 0.3) is 11.3 Å². The summed E-state index contributed by atoms with van der Waals surface area (Å²) in [6.45, 7) is 18.4. The number of hydrogen-bond acceptors (Lipinski definition) is 15. The maximum Gasteiger partial charge on any atom is 0.255 e. The number of nitrogens with one attached hydrogen (secondary N) is 2. The van der Waals surface area contributed by atoms with E-state index in [1.54, 1.807) is 54.5 Å². The molecule has 0 radical (unpaired) electrons. The second-order valence-electron chi connectivity index (χ2n) is 19.2. The molecule has 4 aromatic rings. The van der Waals surface area contributed by atoms with E-state index in [1.165, 1.54) is 5.56 Å². The van der Waals surface area contributed by atoms with Crippen LogP contribution in [0.5, 0.6) is 0 Å². The van der Waals surface area contributed by atoms with Crippen molar-refractivity contribution in [1.29, 1.82) is 0 Å². The molecule has 0 bridgehead atoms. The average Bonchev–Trinajstić information content (AvgIpc) is 3.74. The maximum atomic E-state index is 14.0. The van der Waals surface area contributed by atoms with Crippen molar-refractivity contribution in [3.05, 3.63) is 113 Å². The molecule has 2 N–H and O–H groups in total. The quantitative estimate of drug-likeness (QED) is 0.0358. The number of aryl methyl sites for hydroxylation is 1. The molecule has 19 heteroatoms. The van der Waals surface area contributed by atoms with Crippen molar-refractivity contribution < 1.29 is 57.1 Å². The number of carbonyl (C=O) groups is 4. The summed E-state index contributed by atoms with van der Waals surface area (Å²) in [7, 11) is 1.77. The smallest absolute Gasteiger partial charge is 0.255 e. The first kappa shape index (κ1) is 62.3. The minimum absolute atomic E-state index is 0.0605. The number of anilines is 2. The second kappa shape index (κ2) is 35.7. The van der Waals surface area contributed by atoms with Gasteiger partial charge in [-0.1, -0.05) is 30.3 Å². The van der Waals surface area contributed by atoms with Gasteiger partial charge in [0.25, 0.3) is 17.7 Å². The van der Waals surface area contributed by atoms with Crippen LogP contribution >= 0.6 is 0 Å². The largest absolute Gasteiger partial charge is 0.379 e. The predicted octanol–water partition coefficient (Wildman–Crippen LogP) is 6.76. The van der Waals surface area contributed by atoms with E-state index in [9.17, 15) is 19.2 Å². The Labute approximate surface area is 467 Å². The number of benzene rings is 3. The van der Waals surface area contributed by atoms with Gasteiger partial charge < -0.3 is 63.2 Å². The van der Waals surface area contributed by atoms with E-state index < -0.39 is 0 Å². The number of carbonyl (C=O) groups excluding carboxylic acids is 4. The number of ether oxygens (including phenoxy) is 8. The van der Waals surface area contributed by atoms with Gasteiger partial charge >= 0.3 is 0 Å². The van der Waals surface area contributed by atoms with E-state index in [0.717, 1.165) is 56.6 Å². The lowest BCUT2D eigenvalue weighted by atomic mass is 9.87. The SMILES string of the molecule is CCOCOCCOCCOCCOCCOCCOCCOCCC(=O)N1CCCN(CCN(C)C(=O)c2cccc(C(=O)Nc3ccc(N(CC)CC)cc3-c3cc(C(=O)NC4CCCc5ccccc54)ccn3)c2)CC1. The summed E-state index contributed by atoms with van der Waals surface area (Å²) in [6, 6.07) is 24.3. The lowest BCUT2D eigenvalue weighted by molar-refractivity contribution is -0.132. The van der Waals surface area contributed by atoms with E-state index in [2.05, 4.69) is 46.4 Å². The van der Waals surface area contributed by atoms with Crippen LogP contribution in [0.2, 0.25) is 0 Å². The van der Waals surface area contributed by atoms with Gasteiger partial charge in [0.1, 0.15) is 6.79 Å². The minimum Gasteiger partial charge on any atom is -0.379 e. The summed E-state index contributed by atoms with van der Waals surface area (Å²) < 4.78 is 43.6. The second-order valence-corrected chi connectivity index (χ2v) is 19.2. The fourth-order valence-electron chi connectivity index (χ4n) is 9.39. The topological polar surface area (TPSA) is 192 Å². The molecule has 2 aliphatic rings. The molecule has 1 unspecified atom stereocenters. The van der Waals surface area contributed by atoms with Crippen molar-refractivity contribution in [2.24, 2.45) is 0 Å². The summed E-state index contributed by atoms with van der Waals surface area (Å²) in [4.78, 5) is 67.4. The van der Waals surface area contributed by atoms with Gasteiger partial charge in [-0.25, -0.2) is 0 Å². The molecule has 19 nitrogen and oxygen atoms in total. The van der Waals surface area contributed by atoms with Crippen LogP contribution in [0.4, 0.5) is 11.4 Å². The van der Waals surface area contributed by atoms with E-state index in [0.29, 0.717) is 165 Å². The zero-order chi connectivity index (χ0) is 55.9. The molecule has 0 spiro atoms. The van der Waals surface area contributed by atoms with Crippen molar-refractivity contribution in [1.82, 2.24) is 25.0 Å². The van der Waals surface area contributed by atoms with Crippen LogP contribution in [0.3, 0.4) is 0 Å². The summed E-state index contributed by atoms with van der Waals surface area (Å²) in [6.07, 6.45) is 5.63. The molecule has 0 saturated carbocycles. The zero-order valence-electron chi connectivity index (χ0n) is 47.1. The Balaban J connectivity index is 0.868. The van der Waals surface area contributed by atoms with E-state index in [-0.39, 0.29) is 36.5 Å². The van der Waals surface area contributed by atoms with Crippen molar-refractivity contribution in [3.63, 3.8) is 0 Å². The van der Waals surface area contributed by atoms with Crippen molar-refractivity contribution in [2.45, 2.75) is 58.9 Å². The number of hydrogen-bond donors (Lipinski definition) is 2. The van der Waals surface area contributed by atoms with Gasteiger partial charge in [-0.05, 0) is 113 Å². The van der Waals surface area contributed by atoms with Gasteiger partial charge in [0.2, 0.25) is 5.91 Å². The highest BCUT2D eigenvalue weighted by atomic mass is 16.7. The molecule has 79 heavy (non-hydrogen) atoms. The normalized spacial score (nSPS) is 14.6. The van der Waals surface area contributed by atoms with Crippen LogP contribution in [-0.2, 0) is 49.1 Å². The summed E-state index contributed by atoms with van der Waals surface area (Å²) >= 11 is 0. The first-order chi connectivity index (χ1) is 38.7. The van der Waals surface area contributed by atoms with Crippen LogP contribution in [0.15, 0.2) is 85.1 Å².